The van der Waals surface area contributed by atoms with E-state index in [1.165, 1.54) is 0 Å². The Balaban J connectivity index is 1.83. The van der Waals surface area contributed by atoms with E-state index in [0.717, 1.165) is 39.3 Å². The molecular formula is C19H16N6. The maximum atomic E-state index is 4.46. The first kappa shape index (κ1) is 15.0. The third kappa shape index (κ3) is 2.74. The maximum absolute atomic E-state index is 4.46. The topological polar surface area (TPSA) is 82.6 Å². The van der Waals surface area contributed by atoms with Crippen LogP contribution in [-0.4, -0.2) is 31.4 Å². The molecule has 0 aromatic carbocycles. The van der Waals surface area contributed by atoms with Gasteiger partial charge in [0.25, 0.3) is 0 Å². The predicted octanol–water partition coefficient (Wildman–Crippen LogP) is 4.21. The van der Waals surface area contributed by atoms with E-state index in [2.05, 4.69) is 42.8 Å². The molecule has 25 heavy (non-hydrogen) atoms. The average molecular weight is 328 g/mol. The van der Waals surface area contributed by atoms with Gasteiger partial charge >= 0.3 is 0 Å². The summed E-state index contributed by atoms with van der Waals surface area (Å²) >= 11 is 0. The SMILES string of the molecule is C=CC=Nc1cc(-c2[nH]nc3ncc(-c4ccncc4)cc23)[nH]c1C. The van der Waals surface area contributed by atoms with Crippen molar-refractivity contribution in [3.63, 3.8) is 0 Å². The van der Waals surface area contributed by atoms with Gasteiger partial charge in [0.05, 0.1) is 17.1 Å². The Hall–Kier alpha value is -3.54. The fourth-order valence-corrected chi connectivity index (χ4v) is 2.76. The fraction of sp³-hybridized carbons (Fsp3) is 0.0526. The molecule has 0 atom stereocenters. The second-order valence-electron chi connectivity index (χ2n) is 5.64. The number of fused-ring (bicyclic) bond motifs is 1. The van der Waals surface area contributed by atoms with Gasteiger partial charge in [-0.05, 0) is 36.8 Å². The number of nitrogens with zero attached hydrogens (tertiary/aromatic N) is 4. The molecule has 4 heterocycles. The summed E-state index contributed by atoms with van der Waals surface area (Å²) in [5.41, 5.74) is 6.42. The molecule has 0 aliphatic rings. The van der Waals surface area contributed by atoms with Crippen LogP contribution in [-0.2, 0) is 0 Å². The number of aromatic nitrogens is 5. The number of aliphatic imine (C=N–C) groups is 1. The predicted molar refractivity (Wildman–Crippen MR) is 100.0 cm³/mol. The molecule has 4 aromatic rings. The minimum atomic E-state index is 0.677. The quantitative estimate of drug-likeness (QED) is 0.550. The zero-order valence-corrected chi connectivity index (χ0v) is 13.7. The van der Waals surface area contributed by atoms with Gasteiger partial charge < -0.3 is 4.98 Å². The fourth-order valence-electron chi connectivity index (χ4n) is 2.76. The van der Waals surface area contributed by atoms with Gasteiger partial charge in [0, 0.05) is 41.4 Å². The van der Waals surface area contributed by atoms with Crippen molar-refractivity contribution in [1.82, 2.24) is 25.1 Å². The highest BCUT2D eigenvalue weighted by atomic mass is 15.2. The zero-order chi connectivity index (χ0) is 17.2. The van der Waals surface area contributed by atoms with Crippen LogP contribution >= 0.6 is 0 Å². The van der Waals surface area contributed by atoms with Crippen molar-refractivity contribution >= 4 is 22.9 Å². The van der Waals surface area contributed by atoms with Gasteiger partial charge in [-0.1, -0.05) is 12.7 Å². The number of nitrogens with one attached hydrogen (secondary N) is 2. The van der Waals surface area contributed by atoms with Crippen LogP contribution in [0.5, 0.6) is 0 Å². The van der Waals surface area contributed by atoms with Crippen molar-refractivity contribution in [3.05, 3.63) is 61.2 Å². The molecule has 6 nitrogen and oxygen atoms in total. The molecule has 6 heteroatoms. The van der Waals surface area contributed by atoms with Crippen molar-refractivity contribution < 1.29 is 0 Å². The molecule has 0 spiro atoms. The summed E-state index contributed by atoms with van der Waals surface area (Å²) < 4.78 is 0. The highest BCUT2D eigenvalue weighted by Gasteiger charge is 2.13. The summed E-state index contributed by atoms with van der Waals surface area (Å²) in [5.74, 6) is 0. The summed E-state index contributed by atoms with van der Waals surface area (Å²) in [7, 11) is 0. The van der Waals surface area contributed by atoms with Crippen LogP contribution in [0.3, 0.4) is 0 Å². The Kier molecular flexibility index (Phi) is 3.70. The molecule has 0 saturated carbocycles. The molecule has 4 aromatic heterocycles. The number of aromatic amines is 2. The second kappa shape index (κ2) is 6.16. The van der Waals surface area contributed by atoms with E-state index >= 15 is 0 Å². The van der Waals surface area contributed by atoms with Crippen molar-refractivity contribution in [2.24, 2.45) is 4.99 Å². The van der Waals surface area contributed by atoms with Gasteiger partial charge in [0.2, 0.25) is 0 Å². The first-order valence-electron chi connectivity index (χ1n) is 7.86. The number of rotatable bonds is 4. The van der Waals surface area contributed by atoms with Crippen LogP contribution < -0.4 is 0 Å². The highest BCUT2D eigenvalue weighted by molar-refractivity contribution is 5.93. The molecule has 0 saturated heterocycles. The van der Waals surface area contributed by atoms with E-state index < -0.39 is 0 Å². The Morgan fingerprint density at radius 1 is 1.16 bits per heavy atom. The lowest BCUT2D eigenvalue weighted by Crippen LogP contribution is -1.83. The Morgan fingerprint density at radius 3 is 2.80 bits per heavy atom. The van der Waals surface area contributed by atoms with Crippen LogP contribution in [0.1, 0.15) is 5.69 Å². The van der Waals surface area contributed by atoms with E-state index in [1.807, 2.05) is 31.3 Å². The van der Waals surface area contributed by atoms with E-state index in [4.69, 9.17) is 0 Å². The summed E-state index contributed by atoms with van der Waals surface area (Å²) in [5, 5.41) is 8.34. The maximum Gasteiger partial charge on any atom is 0.181 e. The molecule has 0 unspecified atom stereocenters. The molecule has 4 rings (SSSR count). The Bertz CT molecular complexity index is 1070. The molecule has 0 amide bonds. The first-order chi connectivity index (χ1) is 12.3. The standard InChI is InChI=1S/C19H16N6/c1-3-6-21-16-10-17(23-12(16)2)18-15-9-14(11-22-19(15)25-24-18)13-4-7-20-8-5-13/h3-11,23H,1H2,2H3,(H,22,24,25). The number of hydrogen-bond donors (Lipinski definition) is 2. The molecule has 2 N–H and O–H groups in total. The van der Waals surface area contributed by atoms with Gasteiger partial charge in [0.15, 0.2) is 5.65 Å². The lowest BCUT2D eigenvalue weighted by molar-refractivity contribution is 1.09. The van der Waals surface area contributed by atoms with E-state index in [1.54, 1.807) is 24.7 Å². The van der Waals surface area contributed by atoms with Crippen LogP contribution in [0.15, 0.2) is 60.5 Å². The number of allylic oxidation sites excluding steroid dienone is 1. The molecule has 0 bridgehead atoms. The van der Waals surface area contributed by atoms with Gasteiger partial charge in [-0.15, -0.1) is 0 Å². The number of aryl methyl sites for hydroxylation is 1. The lowest BCUT2D eigenvalue weighted by atomic mass is 10.1. The van der Waals surface area contributed by atoms with Crippen LogP contribution in [0.4, 0.5) is 5.69 Å². The van der Waals surface area contributed by atoms with Crippen molar-refractivity contribution in [2.75, 3.05) is 0 Å². The monoisotopic (exact) mass is 328 g/mol. The van der Waals surface area contributed by atoms with E-state index in [0.29, 0.717) is 5.65 Å². The number of hydrogen-bond acceptors (Lipinski definition) is 4. The van der Waals surface area contributed by atoms with Crippen LogP contribution in [0.2, 0.25) is 0 Å². The third-order valence-electron chi connectivity index (χ3n) is 4.00. The van der Waals surface area contributed by atoms with Gasteiger partial charge in [0.1, 0.15) is 0 Å². The highest BCUT2D eigenvalue weighted by Crippen LogP contribution is 2.31. The molecule has 0 aliphatic carbocycles. The molecular weight excluding hydrogens is 312 g/mol. The molecule has 122 valence electrons. The molecule has 0 fully saturated rings. The summed E-state index contributed by atoms with van der Waals surface area (Å²) in [6, 6.07) is 7.99. The number of pyridine rings is 2. The lowest BCUT2D eigenvalue weighted by Gasteiger charge is -2.01. The van der Waals surface area contributed by atoms with Gasteiger partial charge in [-0.3, -0.25) is 15.1 Å². The van der Waals surface area contributed by atoms with E-state index in [-0.39, 0.29) is 0 Å². The molecule has 0 radical (unpaired) electrons. The van der Waals surface area contributed by atoms with Crippen molar-refractivity contribution in [3.8, 4) is 22.5 Å². The molecule has 0 aliphatic heterocycles. The average Bonchev–Trinajstić information content (AvgIpc) is 3.23. The van der Waals surface area contributed by atoms with Crippen molar-refractivity contribution in [2.45, 2.75) is 6.92 Å². The minimum Gasteiger partial charge on any atom is -0.356 e. The van der Waals surface area contributed by atoms with Crippen LogP contribution in [0, 0.1) is 6.92 Å². The second-order valence-corrected chi connectivity index (χ2v) is 5.64. The largest absolute Gasteiger partial charge is 0.356 e. The summed E-state index contributed by atoms with van der Waals surface area (Å²) in [6.07, 6.45) is 8.70. The normalized spacial score (nSPS) is 11.4. The number of H-pyrrole nitrogens is 2. The van der Waals surface area contributed by atoms with Crippen molar-refractivity contribution in [1.29, 1.82) is 0 Å². The summed E-state index contributed by atoms with van der Waals surface area (Å²) in [4.78, 5) is 16.2. The smallest absolute Gasteiger partial charge is 0.181 e. The summed E-state index contributed by atoms with van der Waals surface area (Å²) in [6.45, 7) is 5.64. The first-order valence-corrected chi connectivity index (χ1v) is 7.86. The third-order valence-corrected chi connectivity index (χ3v) is 4.00. The van der Waals surface area contributed by atoms with E-state index in [9.17, 15) is 0 Å². The Labute approximate surface area is 144 Å². The van der Waals surface area contributed by atoms with Crippen LogP contribution in [0.25, 0.3) is 33.5 Å². The van der Waals surface area contributed by atoms with Gasteiger partial charge in [-0.2, -0.15) is 5.10 Å². The van der Waals surface area contributed by atoms with Gasteiger partial charge in [-0.25, -0.2) is 4.98 Å². The Morgan fingerprint density at radius 2 is 2.00 bits per heavy atom. The minimum absolute atomic E-state index is 0.677. The zero-order valence-electron chi connectivity index (χ0n) is 13.7.